The van der Waals surface area contributed by atoms with Crippen LogP contribution in [0.4, 0.5) is 0 Å². The van der Waals surface area contributed by atoms with Gasteiger partial charge in [0.15, 0.2) is 0 Å². The zero-order valence-corrected chi connectivity index (χ0v) is 9.53. The van der Waals surface area contributed by atoms with Crippen molar-refractivity contribution in [3.05, 3.63) is 47.5 Å². The van der Waals surface area contributed by atoms with Crippen LogP contribution in [0.15, 0.2) is 42.5 Å². The largest absolute Gasteiger partial charge is 0.508 e. The molecule has 3 heteroatoms. The number of hydrogen-bond donors (Lipinski definition) is 1. The van der Waals surface area contributed by atoms with Crippen molar-refractivity contribution in [2.45, 2.75) is 0 Å². The van der Waals surface area contributed by atoms with Crippen LogP contribution in [0.1, 0.15) is 0 Å². The molecule has 0 bridgehead atoms. The van der Waals surface area contributed by atoms with Crippen LogP contribution in [0.2, 0.25) is 5.02 Å². The van der Waals surface area contributed by atoms with Crippen LogP contribution in [0, 0.1) is 0 Å². The van der Waals surface area contributed by atoms with Gasteiger partial charge in [-0.15, -0.1) is 0 Å². The minimum atomic E-state index is 0.253. The van der Waals surface area contributed by atoms with E-state index in [4.69, 9.17) is 16.3 Å². The lowest BCUT2D eigenvalue weighted by atomic mass is 10.1. The first-order chi connectivity index (χ1) is 7.70. The van der Waals surface area contributed by atoms with Gasteiger partial charge in [0.05, 0.1) is 12.1 Å². The first kappa shape index (κ1) is 10.8. The molecule has 0 aromatic heterocycles. The van der Waals surface area contributed by atoms with Crippen molar-refractivity contribution >= 4 is 11.6 Å². The lowest BCUT2D eigenvalue weighted by Crippen LogP contribution is -1.84. The molecule has 82 valence electrons. The Balaban J connectivity index is 2.41. The fourth-order valence-electron chi connectivity index (χ4n) is 1.50. The van der Waals surface area contributed by atoms with Gasteiger partial charge in [0.2, 0.25) is 0 Å². The molecule has 0 heterocycles. The van der Waals surface area contributed by atoms with Gasteiger partial charge in [-0.05, 0) is 35.4 Å². The summed E-state index contributed by atoms with van der Waals surface area (Å²) in [7, 11) is 1.58. The standard InChI is InChI=1S/C13H11ClO2/c1-16-13-7-4-10(8-12(13)14)9-2-5-11(15)6-3-9/h2-8,15H,1H3. The molecule has 0 saturated heterocycles. The maximum atomic E-state index is 9.19. The van der Waals surface area contributed by atoms with Crippen molar-refractivity contribution in [3.8, 4) is 22.6 Å². The van der Waals surface area contributed by atoms with Crippen LogP contribution in [0.5, 0.6) is 11.5 Å². The van der Waals surface area contributed by atoms with Gasteiger partial charge < -0.3 is 9.84 Å². The fourth-order valence-corrected chi connectivity index (χ4v) is 1.76. The summed E-state index contributed by atoms with van der Waals surface area (Å²) in [6.07, 6.45) is 0. The molecule has 0 amide bonds. The van der Waals surface area contributed by atoms with E-state index in [1.54, 1.807) is 19.2 Å². The number of aromatic hydroxyl groups is 1. The van der Waals surface area contributed by atoms with E-state index in [0.717, 1.165) is 11.1 Å². The summed E-state index contributed by atoms with van der Waals surface area (Å²) in [6, 6.07) is 12.6. The Labute approximate surface area is 99.1 Å². The summed E-state index contributed by atoms with van der Waals surface area (Å²) in [4.78, 5) is 0. The third-order valence-corrected chi connectivity index (χ3v) is 2.65. The first-order valence-electron chi connectivity index (χ1n) is 4.83. The smallest absolute Gasteiger partial charge is 0.137 e. The summed E-state index contributed by atoms with van der Waals surface area (Å²) < 4.78 is 5.08. The molecule has 0 aliphatic heterocycles. The molecule has 2 aromatic rings. The molecule has 0 unspecified atom stereocenters. The maximum absolute atomic E-state index is 9.19. The second-order valence-electron chi connectivity index (χ2n) is 3.40. The normalized spacial score (nSPS) is 10.1. The number of phenols is 1. The van der Waals surface area contributed by atoms with Gasteiger partial charge in [0.25, 0.3) is 0 Å². The maximum Gasteiger partial charge on any atom is 0.137 e. The number of benzene rings is 2. The topological polar surface area (TPSA) is 29.5 Å². The van der Waals surface area contributed by atoms with Gasteiger partial charge in [-0.3, -0.25) is 0 Å². The quantitative estimate of drug-likeness (QED) is 0.858. The van der Waals surface area contributed by atoms with Crippen molar-refractivity contribution in [3.63, 3.8) is 0 Å². The van der Waals surface area contributed by atoms with Gasteiger partial charge in [-0.2, -0.15) is 0 Å². The summed E-state index contributed by atoms with van der Waals surface area (Å²) in [6.45, 7) is 0. The number of hydrogen-bond acceptors (Lipinski definition) is 2. The van der Waals surface area contributed by atoms with Crippen molar-refractivity contribution in [1.29, 1.82) is 0 Å². The molecule has 2 rings (SSSR count). The Morgan fingerprint density at radius 3 is 2.19 bits per heavy atom. The lowest BCUT2D eigenvalue weighted by Gasteiger charge is -2.06. The van der Waals surface area contributed by atoms with E-state index in [-0.39, 0.29) is 5.75 Å². The summed E-state index contributed by atoms with van der Waals surface area (Å²) in [5.74, 6) is 0.910. The predicted octanol–water partition coefficient (Wildman–Crippen LogP) is 3.72. The molecular formula is C13H11ClO2. The van der Waals surface area contributed by atoms with E-state index in [1.165, 1.54) is 0 Å². The highest BCUT2D eigenvalue weighted by Gasteiger charge is 2.03. The SMILES string of the molecule is COc1ccc(-c2ccc(O)cc2)cc1Cl. The highest BCUT2D eigenvalue weighted by molar-refractivity contribution is 6.32. The number of ether oxygens (including phenoxy) is 1. The molecule has 0 aliphatic carbocycles. The van der Waals surface area contributed by atoms with Crippen molar-refractivity contribution in [2.75, 3.05) is 7.11 Å². The molecule has 0 aliphatic rings. The van der Waals surface area contributed by atoms with Crippen LogP contribution in [-0.4, -0.2) is 12.2 Å². The minimum Gasteiger partial charge on any atom is -0.508 e. The van der Waals surface area contributed by atoms with Gasteiger partial charge in [-0.1, -0.05) is 29.8 Å². The van der Waals surface area contributed by atoms with E-state index in [0.29, 0.717) is 10.8 Å². The van der Waals surface area contributed by atoms with E-state index in [2.05, 4.69) is 0 Å². The zero-order valence-electron chi connectivity index (χ0n) is 8.77. The summed E-state index contributed by atoms with van der Waals surface area (Å²) in [5, 5.41) is 9.77. The predicted molar refractivity (Wildman–Crippen MR) is 65.1 cm³/mol. The van der Waals surface area contributed by atoms with Crippen LogP contribution in [-0.2, 0) is 0 Å². The summed E-state index contributed by atoms with van der Waals surface area (Å²) in [5.41, 5.74) is 1.99. The van der Waals surface area contributed by atoms with Crippen LogP contribution in [0.3, 0.4) is 0 Å². The second kappa shape index (κ2) is 4.45. The molecule has 0 saturated carbocycles. The second-order valence-corrected chi connectivity index (χ2v) is 3.80. The number of halogens is 1. The van der Waals surface area contributed by atoms with Crippen LogP contribution < -0.4 is 4.74 Å². The minimum absolute atomic E-state index is 0.253. The van der Waals surface area contributed by atoms with Crippen LogP contribution in [0.25, 0.3) is 11.1 Å². The molecule has 2 nitrogen and oxygen atoms in total. The lowest BCUT2D eigenvalue weighted by molar-refractivity contribution is 0.415. The Kier molecular flexibility index (Phi) is 3.02. The highest BCUT2D eigenvalue weighted by atomic mass is 35.5. The van der Waals surface area contributed by atoms with E-state index >= 15 is 0 Å². The van der Waals surface area contributed by atoms with Crippen LogP contribution >= 0.6 is 11.6 Å². The third-order valence-electron chi connectivity index (χ3n) is 2.35. The fraction of sp³-hybridized carbons (Fsp3) is 0.0769. The van der Waals surface area contributed by atoms with Gasteiger partial charge in [0, 0.05) is 0 Å². The van der Waals surface area contributed by atoms with E-state index in [1.807, 2.05) is 30.3 Å². The van der Waals surface area contributed by atoms with Crippen molar-refractivity contribution < 1.29 is 9.84 Å². The molecule has 1 N–H and O–H groups in total. The number of phenolic OH excluding ortho intramolecular Hbond substituents is 1. The first-order valence-corrected chi connectivity index (χ1v) is 5.21. The number of methoxy groups -OCH3 is 1. The van der Waals surface area contributed by atoms with Crippen molar-refractivity contribution in [1.82, 2.24) is 0 Å². The Morgan fingerprint density at radius 2 is 1.62 bits per heavy atom. The van der Waals surface area contributed by atoms with E-state index in [9.17, 15) is 5.11 Å². The summed E-state index contributed by atoms with van der Waals surface area (Å²) >= 11 is 6.04. The Hall–Kier alpha value is -1.67. The third kappa shape index (κ3) is 2.12. The molecule has 16 heavy (non-hydrogen) atoms. The molecule has 0 spiro atoms. The monoisotopic (exact) mass is 234 g/mol. The molecule has 0 radical (unpaired) electrons. The van der Waals surface area contributed by atoms with E-state index < -0.39 is 0 Å². The molecule has 0 fully saturated rings. The average molecular weight is 235 g/mol. The van der Waals surface area contributed by atoms with Crippen molar-refractivity contribution in [2.24, 2.45) is 0 Å². The average Bonchev–Trinajstić information content (AvgIpc) is 2.30. The van der Waals surface area contributed by atoms with Gasteiger partial charge >= 0.3 is 0 Å². The highest BCUT2D eigenvalue weighted by Crippen LogP contribution is 2.30. The zero-order chi connectivity index (χ0) is 11.5. The number of rotatable bonds is 2. The molecule has 0 atom stereocenters. The molecular weight excluding hydrogens is 224 g/mol. The molecule has 2 aromatic carbocycles. The van der Waals surface area contributed by atoms with Gasteiger partial charge in [-0.25, -0.2) is 0 Å². The van der Waals surface area contributed by atoms with Gasteiger partial charge in [0.1, 0.15) is 11.5 Å². The Morgan fingerprint density at radius 1 is 1.00 bits per heavy atom. The Bertz CT molecular complexity index is 492.